The van der Waals surface area contributed by atoms with E-state index in [4.69, 9.17) is 27.9 Å². The molecule has 0 aliphatic rings. The molecule has 0 radical (unpaired) electrons. The maximum Gasteiger partial charge on any atom is 0.257 e. The van der Waals surface area contributed by atoms with Gasteiger partial charge < -0.3 is 9.64 Å². The fourth-order valence-corrected chi connectivity index (χ4v) is 2.33. The normalized spacial score (nSPS) is 10.5. The van der Waals surface area contributed by atoms with E-state index in [2.05, 4.69) is 9.97 Å². The van der Waals surface area contributed by atoms with Gasteiger partial charge in [0.25, 0.3) is 5.91 Å². The van der Waals surface area contributed by atoms with E-state index in [-0.39, 0.29) is 16.2 Å². The summed E-state index contributed by atoms with van der Waals surface area (Å²) in [6.07, 6.45) is 3.40. The van der Waals surface area contributed by atoms with Gasteiger partial charge in [0.05, 0.1) is 12.2 Å². The minimum atomic E-state index is -0.227. The molecule has 7 heteroatoms. The van der Waals surface area contributed by atoms with Crippen molar-refractivity contribution in [2.75, 3.05) is 20.3 Å². The molecule has 2 rings (SSSR count). The Morgan fingerprint density at radius 2 is 2.14 bits per heavy atom. The first-order chi connectivity index (χ1) is 10.6. The Balaban J connectivity index is 2.22. The zero-order valence-electron chi connectivity index (χ0n) is 12.0. The molecule has 0 fully saturated rings. The number of aromatic nitrogens is 2. The van der Waals surface area contributed by atoms with Crippen LogP contribution in [-0.2, 0) is 11.3 Å². The van der Waals surface area contributed by atoms with Crippen molar-refractivity contribution in [3.8, 4) is 0 Å². The van der Waals surface area contributed by atoms with Crippen molar-refractivity contribution < 1.29 is 9.53 Å². The van der Waals surface area contributed by atoms with Gasteiger partial charge in [-0.2, -0.15) is 0 Å². The summed E-state index contributed by atoms with van der Waals surface area (Å²) in [5, 5.41) is 0.336. The number of hydrogen-bond donors (Lipinski definition) is 0. The molecule has 0 aliphatic carbocycles. The number of halogens is 2. The lowest BCUT2D eigenvalue weighted by Crippen LogP contribution is -2.33. The molecule has 5 nitrogen and oxygen atoms in total. The highest BCUT2D eigenvalue weighted by atomic mass is 35.5. The second-order valence-electron chi connectivity index (χ2n) is 4.55. The van der Waals surface area contributed by atoms with E-state index in [1.54, 1.807) is 36.5 Å². The van der Waals surface area contributed by atoms with Gasteiger partial charge in [-0.15, -0.1) is 0 Å². The van der Waals surface area contributed by atoms with E-state index >= 15 is 0 Å². The molecule has 0 spiro atoms. The Morgan fingerprint density at radius 3 is 2.77 bits per heavy atom. The molecule has 0 saturated heterocycles. The SMILES string of the molecule is COCCN(Cc1cccnc1)C(=O)c1ccc(Cl)nc1Cl. The van der Waals surface area contributed by atoms with Gasteiger partial charge in [-0.1, -0.05) is 29.3 Å². The topological polar surface area (TPSA) is 55.3 Å². The van der Waals surface area contributed by atoms with Crippen LogP contribution < -0.4 is 0 Å². The molecule has 22 heavy (non-hydrogen) atoms. The van der Waals surface area contributed by atoms with Crippen LogP contribution in [0, 0.1) is 0 Å². The average molecular weight is 340 g/mol. The van der Waals surface area contributed by atoms with Crippen LogP contribution in [0.1, 0.15) is 15.9 Å². The molecule has 0 aliphatic heterocycles. The second-order valence-corrected chi connectivity index (χ2v) is 5.30. The lowest BCUT2D eigenvalue weighted by atomic mass is 10.2. The van der Waals surface area contributed by atoms with Crippen molar-refractivity contribution >= 4 is 29.1 Å². The fraction of sp³-hybridized carbons (Fsp3) is 0.267. The number of nitrogens with zero attached hydrogens (tertiary/aromatic N) is 3. The fourth-order valence-electron chi connectivity index (χ4n) is 1.91. The first kappa shape index (κ1) is 16.7. The van der Waals surface area contributed by atoms with Crippen molar-refractivity contribution in [3.05, 3.63) is 58.1 Å². The highest BCUT2D eigenvalue weighted by Crippen LogP contribution is 2.19. The number of carbonyl (C=O) groups is 1. The van der Waals surface area contributed by atoms with Crippen LogP contribution in [0.3, 0.4) is 0 Å². The summed E-state index contributed by atoms with van der Waals surface area (Å²) >= 11 is 11.8. The molecule has 0 aromatic carbocycles. The Labute approximate surface area is 138 Å². The Bertz CT molecular complexity index is 638. The van der Waals surface area contributed by atoms with E-state index in [0.717, 1.165) is 5.56 Å². The van der Waals surface area contributed by atoms with E-state index < -0.39 is 0 Å². The highest BCUT2D eigenvalue weighted by molar-refractivity contribution is 6.34. The Kier molecular flexibility index (Phi) is 6.12. The molecule has 0 atom stereocenters. The average Bonchev–Trinajstić information content (AvgIpc) is 2.52. The third-order valence-corrected chi connectivity index (χ3v) is 3.49. The standard InChI is InChI=1S/C15H15Cl2N3O2/c1-22-8-7-20(10-11-3-2-6-18-9-11)15(21)12-4-5-13(16)19-14(12)17/h2-6,9H,7-8,10H2,1H3. The zero-order valence-corrected chi connectivity index (χ0v) is 13.5. The summed E-state index contributed by atoms with van der Waals surface area (Å²) in [6.45, 7) is 1.27. The van der Waals surface area contributed by atoms with E-state index in [1.807, 2.05) is 12.1 Å². The number of methoxy groups -OCH3 is 1. The second kappa shape index (κ2) is 8.08. The van der Waals surface area contributed by atoms with Gasteiger partial charge in [0.15, 0.2) is 0 Å². The third kappa shape index (κ3) is 4.40. The molecule has 0 unspecified atom stereocenters. The number of rotatable bonds is 6. The number of hydrogen-bond acceptors (Lipinski definition) is 4. The molecule has 2 heterocycles. The van der Waals surface area contributed by atoms with Crippen molar-refractivity contribution in [2.45, 2.75) is 6.54 Å². The first-order valence-corrected chi connectivity index (χ1v) is 7.36. The van der Waals surface area contributed by atoms with Crippen molar-refractivity contribution in [3.63, 3.8) is 0 Å². The molecule has 0 saturated carbocycles. The largest absolute Gasteiger partial charge is 0.383 e. The summed E-state index contributed by atoms with van der Waals surface area (Å²) in [5.74, 6) is -0.227. The summed E-state index contributed by atoms with van der Waals surface area (Å²) in [4.78, 5) is 22.3. The lowest BCUT2D eigenvalue weighted by Gasteiger charge is -2.22. The van der Waals surface area contributed by atoms with E-state index in [1.165, 1.54) is 0 Å². The smallest absolute Gasteiger partial charge is 0.257 e. The minimum absolute atomic E-state index is 0.0890. The maximum atomic E-state index is 12.7. The molecule has 0 bridgehead atoms. The van der Waals surface area contributed by atoms with Crippen LogP contribution in [-0.4, -0.2) is 41.0 Å². The molecular weight excluding hydrogens is 325 g/mol. The predicted octanol–water partition coefficient (Wildman–Crippen LogP) is 3.07. The van der Waals surface area contributed by atoms with Crippen LogP contribution in [0.15, 0.2) is 36.7 Å². The summed E-state index contributed by atoms with van der Waals surface area (Å²) in [6, 6.07) is 6.84. The quantitative estimate of drug-likeness (QED) is 0.759. The maximum absolute atomic E-state index is 12.7. The number of carbonyl (C=O) groups excluding carboxylic acids is 1. The van der Waals surface area contributed by atoms with Crippen LogP contribution in [0.2, 0.25) is 10.3 Å². The van der Waals surface area contributed by atoms with Crippen LogP contribution in [0.5, 0.6) is 0 Å². The minimum Gasteiger partial charge on any atom is -0.383 e. The van der Waals surface area contributed by atoms with E-state index in [0.29, 0.717) is 25.3 Å². The Hall–Kier alpha value is -1.69. The molecule has 2 aromatic rings. The predicted molar refractivity (Wildman–Crippen MR) is 85.1 cm³/mol. The van der Waals surface area contributed by atoms with Gasteiger partial charge in [0, 0.05) is 32.6 Å². The molecule has 2 aromatic heterocycles. The number of amides is 1. The van der Waals surface area contributed by atoms with Crippen molar-refractivity contribution in [1.29, 1.82) is 0 Å². The van der Waals surface area contributed by atoms with Gasteiger partial charge in [0.2, 0.25) is 0 Å². The third-order valence-electron chi connectivity index (χ3n) is 2.99. The van der Waals surface area contributed by atoms with E-state index in [9.17, 15) is 4.79 Å². The molecule has 0 N–H and O–H groups in total. The van der Waals surface area contributed by atoms with Gasteiger partial charge in [0.1, 0.15) is 10.3 Å². The monoisotopic (exact) mass is 339 g/mol. The zero-order chi connectivity index (χ0) is 15.9. The van der Waals surface area contributed by atoms with Gasteiger partial charge in [-0.25, -0.2) is 4.98 Å². The highest BCUT2D eigenvalue weighted by Gasteiger charge is 2.19. The Morgan fingerprint density at radius 1 is 1.32 bits per heavy atom. The summed E-state index contributed by atoms with van der Waals surface area (Å²) in [7, 11) is 1.59. The summed E-state index contributed by atoms with van der Waals surface area (Å²) in [5.41, 5.74) is 1.23. The molecular formula is C15H15Cl2N3O2. The van der Waals surface area contributed by atoms with Gasteiger partial charge in [-0.3, -0.25) is 9.78 Å². The van der Waals surface area contributed by atoms with Gasteiger partial charge >= 0.3 is 0 Å². The van der Waals surface area contributed by atoms with Crippen molar-refractivity contribution in [1.82, 2.24) is 14.9 Å². The van der Waals surface area contributed by atoms with Crippen LogP contribution in [0.4, 0.5) is 0 Å². The first-order valence-electron chi connectivity index (χ1n) is 6.61. The van der Waals surface area contributed by atoms with Crippen LogP contribution in [0.25, 0.3) is 0 Å². The van der Waals surface area contributed by atoms with Crippen LogP contribution >= 0.6 is 23.2 Å². The lowest BCUT2D eigenvalue weighted by molar-refractivity contribution is 0.0680. The number of ether oxygens (including phenoxy) is 1. The summed E-state index contributed by atoms with van der Waals surface area (Å²) < 4.78 is 5.07. The van der Waals surface area contributed by atoms with Crippen molar-refractivity contribution in [2.24, 2.45) is 0 Å². The molecule has 116 valence electrons. The molecule has 1 amide bonds. The van der Waals surface area contributed by atoms with Gasteiger partial charge in [-0.05, 0) is 23.8 Å². The number of pyridine rings is 2.